The van der Waals surface area contributed by atoms with Gasteiger partial charge in [0, 0.05) is 12.1 Å². The molecule has 0 unspecified atom stereocenters. The lowest BCUT2D eigenvalue weighted by Crippen LogP contribution is -2.27. The van der Waals surface area contributed by atoms with Crippen molar-refractivity contribution in [2.24, 2.45) is 0 Å². The Morgan fingerprint density at radius 2 is 2.12 bits per heavy atom. The summed E-state index contributed by atoms with van der Waals surface area (Å²) in [6.45, 7) is 3.15. The zero-order chi connectivity index (χ0) is 16.9. The van der Waals surface area contributed by atoms with E-state index in [0.29, 0.717) is 24.4 Å². The number of carbonyl (C=O) groups is 2. The van der Waals surface area contributed by atoms with Crippen molar-refractivity contribution in [1.82, 2.24) is 10.2 Å². The molecule has 1 aliphatic rings. The summed E-state index contributed by atoms with van der Waals surface area (Å²) in [4.78, 5) is 26.0. The molecular weight excluding hydrogens is 324 g/mol. The van der Waals surface area contributed by atoms with E-state index in [1.54, 1.807) is 18.0 Å². The minimum atomic E-state index is -0.0639. The molecule has 1 saturated heterocycles. The molecule has 1 aromatic heterocycles. The summed E-state index contributed by atoms with van der Waals surface area (Å²) in [7, 11) is 0. The molecule has 0 saturated carbocycles. The van der Waals surface area contributed by atoms with Crippen LogP contribution in [0.4, 0.5) is 0 Å². The summed E-state index contributed by atoms with van der Waals surface area (Å²) in [6.07, 6.45) is 2.52. The van der Waals surface area contributed by atoms with Gasteiger partial charge in [-0.2, -0.15) is 0 Å². The van der Waals surface area contributed by atoms with Crippen LogP contribution >= 0.6 is 11.8 Å². The largest absolute Gasteiger partial charge is 0.467 e. The Balaban J connectivity index is 1.72. The van der Waals surface area contributed by atoms with E-state index >= 15 is 0 Å². The fourth-order valence-electron chi connectivity index (χ4n) is 2.61. The molecule has 1 aliphatic heterocycles. The van der Waals surface area contributed by atoms with Gasteiger partial charge in [0.25, 0.3) is 5.91 Å². The molecule has 3 rings (SSSR count). The minimum absolute atomic E-state index is 0.0460. The van der Waals surface area contributed by atoms with E-state index in [0.717, 1.165) is 17.7 Å². The smallest absolute Gasteiger partial charge is 0.251 e. The maximum Gasteiger partial charge on any atom is 0.251 e. The number of hydrogen-bond donors (Lipinski definition) is 1. The van der Waals surface area contributed by atoms with Crippen LogP contribution in [-0.2, 0) is 11.3 Å². The number of carbonyl (C=O) groups excluding carboxylic acids is 2. The van der Waals surface area contributed by atoms with Crippen molar-refractivity contribution in [2.45, 2.75) is 25.3 Å². The number of nitrogens with zero attached hydrogens (tertiary/aromatic N) is 1. The van der Waals surface area contributed by atoms with Crippen molar-refractivity contribution in [3.8, 4) is 0 Å². The molecule has 0 radical (unpaired) electrons. The first-order valence-electron chi connectivity index (χ1n) is 8.00. The van der Waals surface area contributed by atoms with Crippen molar-refractivity contribution in [3.05, 3.63) is 59.5 Å². The molecule has 1 fully saturated rings. The highest BCUT2D eigenvalue weighted by molar-refractivity contribution is 8.00. The molecule has 1 aromatic carbocycles. The fourth-order valence-corrected chi connectivity index (χ4v) is 3.80. The fraction of sp³-hybridized carbons (Fsp3) is 0.333. The Labute approximate surface area is 145 Å². The first-order valence-corrected chi connectivity index (χ1v) is 9.05. The van der Waals surface area contributed by atoms with Crippen LogP contribution in [0, 0.1) is 0 Å². The molecule has 2 amide bonds. The van der Waals surface area contributed by atoms with Gasteiger partial charge in [0.05, 0.1) is 18.6 Å². The Bertz CT molecular complexity index is 698. The van der Waals surface area contributed by atoms with Gasteiger partial charge in [0.2, 0.25) is 5.91 Å². The number of benzene rings is 1. The van der Waals surface area contributed by atoms with Crippen molar-refractivity contribution in [3.63, 3.8) is 0 Å². The van der Waals surface area contributed by atoms with E-state index < -0.39 is 0 Å². The van der Waals surface area contributed by atoms with Crippen LogP contribution in [0.2, 0.25) is 0 Å². The van der Waals surface area contributed by atoms with E-state index in [1.807, 2.05) is 48.2 Å². The third-order valence-corrected chi connectivity index (χ3v) is 5.12. The Kier molecular flexibility index (Phi) is 5.25. The molecule has 24 heavy (non-hydrogen) atoms. The summed E-state index contributed by atoms with van der Waals surface area (Å²) in [5, 5.41) is 2.82. The highest BCUT2D eigenvalue weighted by Gasteiger charge is 2.33. The lowest BCUT2D eigenvalue weighted by atomic mass is 10.1. The van der Waals surface area contributed by atoms with Crippen molar-refractivity contribution >= 4 is 23.6 Å². The lowest BCUT2D eigenvalue weighted by molar-refractivity contribution is -0.128. The highest BCUT2D eigenvalue weighted by atomic mass is 32.2. The molecule has 0 spiro atoms. The summed E-state index contributed by atoms with van der Waals surface area (Å²) < 4.78 is 5.36. The monoisotopic (exact) mass is 344 g/mol. The van der Waals surface area contributed by atoms with E-state index in [1.165, 1.54) is 0 Å². The predicted octanol–water partition coefficient (Wildman–Crippen LogP) is 3.19. The number of thioether (sulfide) groups is 1. The third kappa shape index (κ3) is 3.64. The van der Waals surface area contributed by atoms with Gasteiger partial charge in [-0.3, -0.25) is 9.59 Å². The minimum Gasteiger partial charge on any atom is -0.467 e. The van der Waals surface area contributed by atoms with Crippen molar-refractivity contribution in [2.75, 3.05) is 12.3 Å². The molecule has 1 atom stereocenters. The highest BCUT2D eigenvalue weighted by Crippen LogP contribution is 2.39. The van der Waals surface area contributed by atoms with E-state index in [9.17, 15) is 9.59 Å². The van der Waals surface area contributed by atoms with Gasteiger partial charge in [-0.1, -0.05) is 19.1 Å². The number of furan rings is 1. The van der Waals surface area contributed by atoms with Crippen molar-refractivity contribution in [1.29, 1.82) is 0 Å². The Morgan fingerprint density at radius 3 is 2.79 bits per heavy atom. The second-order valence-electron chi connectivity index (χ2n) is 5.64. The normalized spacial score (nSPS) is 17.3. The summed E-state index contributed by atoms with van der Waals surface area (Å²) in [5.41, 5.74) is 1.66. The topological polar surface area (TPSA) is 62.6 Å². The molecule has 5 nitrogen and oxygen atoms in total. The van der Waals surface area contributed by atoms with Gasteiger partial charge in [-0.15, -0.1) is 11.8 Å². The molecule has 1 N–H and O–H groups in total. The second-order valence-corrected chi connectivity index (χ2v) is 6.71. The quantitative estimate of drug-likeness (QED) is 0.874. The molecule has 6 heteroatoms. The zero-order valence-corrected chi connectivity index (χ0v) is 14.3. The van der Waals surface area contributed by atoms with Gasteiger partial charge >= 0.3 is 0 Å². The van der Waals surface area contributed by atoms with Crippen molar-refractivity contribution < 1.29 is 14.0 Å². The number of hydrogen-bond acceptors (Lipinski definition) is 4. The average molecular weight is 344 g/mol. The number of nitrogens with one attached hydrogen (secondary N) is 1. The predicted molar refractivity (Wildman–Crippen MR) is 93.5 cm³/mol. The summed E-state index contributed by atoms with van der Waals surface area (Å²) >= 11 is 1.60. The number of rotatable bonds is 6. The average Bonchev–Trinajstić information content (AvgIpc) is 3.24. The molecule has 2 heterocycles. The lowest BCUT2D eigenvalue weighted by Gasteiger charge is -2.23. The van der Waals surface area contributed by atoms with Crippen LogP contribution in [0.1, 0.15) is 40.4 Å². The van der Waals surface area contributed by atoms with Crippen LogP contribution in [0.5, 0.6) is 0 Å². The maximum absolute atomic E-state index is 12.2. The Hall–Kier alpha value is -2.21. The van der Waals surface area contributed by atoms with E-state index in [2.05, 4.69) is 5.32 Å². The summed E-state index contributed by atoms with van der Waals surface area (Å²) in [5.74, 6) is 1.27. The van der Waals surface area contributed by atoms with Crippen LogP contribution in [0.25, 0.3) is 0 Å². The molecule has 2 aromatic rings. The van der Waals surface area contributed by atoms with Crippen LogP contribution in [0.3, 0.4) is 0 Å². The third-order valence-electron chi connectivity index (χ3n) is 3.87. The molecular formula is C18H20N2O3S. The maximum atomic E-state index is 12.2. The Morgan fingerprint density at radius 1 is 1.33 bits per heavy atom. The van der Waals surface area contributed by atoms with Gasteiger partial charge in [0.15, 0.2) is 0 Å². The first kappa shape index (κ1) is 16.6. The van der Waals surface area contributed by atoms with Gasteiger partial charge < -0.3 is 14.6 Å². The van der Waals surface area contributed by atoms with E-state index in [4.69, 9.17) is 4.42 Å². The van der Waals surface area contributed by atoms with Gasteiger partial charge in [0.1, 0.15) is 11.1 Å². The summed E-state index contributed by atoms with van der Waals surface area (Å²) in [6, 6.07) is 11.2. The number of amides is 2. The van der Waals surface area contributed by atoms with Crippen LogP contribution in [0.15, 0.2) is 47.1 Å². The van der Waals surface area contributed by atoms with Gasteiger partial charge in [-0.25, -0.2) is 0 Å². The zero-order valence-electron chi connectivity index (χ0n) is 13.5. The molecule has 0 aliphatic carbocycles. The SMILES string of the molecule is CCCNC(=O)c1ccc([C@@H]2SCC(=O)N2Cc2ccco2)cc1. The molecule has 126 valence electrons. The van der Waals surface area contributed by atoms with E-state index in [-0.39, 0.29) is 17.2 Å². The second kappa shape index (κ2) is 7.57. The van der Waals surface area contributed by atoms with Crippen LogP contribution < -0.4 is 5.32 Å². The van der Waals surface area contributed by atoms with Crippen LogP contribution in [-0.4, -0.2) is 29.0 Å². The first-order chi connectivity index (χ1) is 11.7. The standard InChI is InChI=1S/C18H20N2O3S/c1-2-9-19-17(22)13-5-7-14(8-6-13)18-20(16(21)12-24-18)11-15-4-3-10-23-15/h3-8,10,18H,2,9,11-12H2,1H3,(H,19,22)/t18-/m0/s1. The van der Waals surface area contributed by atoms with Gasteiger partial charge in [-0.05, 0) is 36.2 Å². The molecule has 0 bridgehead atoms.